The first-order valence-electron chi connectivity index (χ1n) is 9.23. The second kappa shape index (κ2) is 10.00. The van der Waals surface area contributed by atoms with Crippen LogP contribution in [-0.2, 0) is 11.3 Å². The maximum Gasteiger partial charge on any atom is 0.203 e. The number of rotatable bonds is 9. The van der Waals surface area contributed by atoms with Crippen LogP contribution in [0.1, 0.15) is 25.8 Å². The van der Waals surface area contributed by atoms with Gasteiger partial charge in [-0.1, -0.05) is 13.8 Å². The summed E-state index contributed by atoms with van der Waals surface area (Å²) in [6.45, 7) is 7.98. The lowest BCUT2D eigenvalue weighted by Gasteiger charge is -2.35. The van der Waals surface area contributed by atoms with Crippen molar-refractivity contribution in [1.82, 2.24) is 4.90 Å². The summed E-state index contributed by atoms with van der Waals surface area (Å²) in [5.41, 5.74) is 0.909. The van der Waals surface area contributed by atoms with E-state index in [0.717, 1.165) is 18.7 Å². The number of ether oxygens (including phenoxy) is 4. The van der Waals surface area contributed by atoms with Crippen molar-refractivity contribution in [3.63, 3.8) is 0 Å². The standard InChI is InChI=1S/C20H33NO5/c1-14-6-15(2)10-21(9-14)11-17(22)13-26-12-16-7-18(23-3)20(25-5)19(8-16)24-4/h7-8,14-15,17,22H,6,9-13H2,1-5H3/t14-,15+,17-/m0/s1. The van der Waals surface area contributed by atoms with E-state index in [2.05, 4.69) is 18.7 Å². The predicted octanol–water partition coefficient (Wildman–Crippen LogP) is 2.57. The summed E-state index contributed by atoms with van der Waals surface area (Å²) in [6, 6.07) is 3.73. The second-order valence-corrected chi connectivity index (χ2v) is 7.37. The number of nitrogens with zero attached hydrogens (tertiary/aromatic N) is 1. The molecule has 0 unspecified atom stereocenters. The molecule has 1 aromatic rings. The van der Waals surface area contributed by atoms with Gasteiger partial charge >= 0.3 is 0 Å². The molecule has 1 aromatic carbocycles. The topological polar surface area (TPSA) is 60.4 Å². The Bertz CT molecular complexity index is 530. The zero-order valence-corrected chi connectivity index (χ0v) is 16.7. The van der Waals surface area contributed by atoms with E-state index in [4.69, 9.17) is 18.9 Å². The Morgan fingerprint density at radius 2 is 1.62 bits per heavy atom. The number of aliphatic hydroxyl groups is 1. The molecule has 1 N–H and O–H groups in total. The summed E-state index contributed by atoms with van der Waals surface area (Å²) >= 11 is 0. The zero-order valence-electron chi connectivity index (χ0n) is 16.7. The number of likely N-dealkylation sites (tertiary alicyclic amines) is 1. The van der Waals surface area contributed by atoms with Gasteiger partial charge in [0.15, 0.2) is 11.5 Å². The summed E-state index contributed by atoms with van der Waals surface area (Å²) < 4.78 is 21.7. The summed E-state index contributed by atoms with van der Waals surface area (Å²) in [7, 11) is 4.76. The molecule has 1 aliphatic heterocycles. The van der Waals surface area contributed by atoms with Crippen molar-refractivity contribution in [1.29, 1.82) is 0 Å². The minimum Gasteiger partial charge on any atom is -0.493 e. The largest absolute Gasteiger partial charge is 0.493 e. The molecular weight excluding hydrogens is 334 g/mol. The number of hydrogen-bond donors (Lipinski definition) is 1. The second-order valence-electron chi connectivity index (χ2n) is 7.37. The minimum absolute atomic E-state index is 0.302. The van der Waals surface area contributed by atoms with Crippen molar-refractivity contribution >= 4 is 0 Å². The van der Waals surface area contributed by atoms with Crippen LogP contribution in [0.4, 0.5) is 0 Å². The van der Waals surface area contributed by atoms with Gasteiger partial charge in [0.25, 0.3) is 0 Å². The Morgan fingerprint density at radius 1 is 1.04 bits per heavy atom. The van der Waals surface area contributed by atoms with Crippen LogP contribution in [0.5, 0.6) is 17.2 Å². The first-order valence-corrected chi connectivity index (χ1v) is 9.23. The average molecular weight is 367 g/mol. The number of β-amino-alcohol motifs (C(OH)–C–C–N with tert-alkyl or cyclic N) is 1. The van der Waals surface area contributed by atoms with Crippen LogP contribution < -0.4 is 14.2 Å². The lowest BCUT2D eigenvalue weighted by atomic mass is 9.92. The summed E-state index contributed by atoms with van der Waals surface area (Å²) in [4.78, 5) is 2.34. The van der Waals surface area contributed by atoms with Crippen LogP contribution in [0.2, 0.25) is 0 Å². The average Bonchev–Trinajstić information content (AvgIpc) is 2.59. The molecule has 26 heavy (non-hydrogen) atoms. The number of piperidine rings is 1. The quantitative estimate of drug-likeness (QED) is 0.724. The van der Waals surface area contributed by atoms with E-state index < -0.39 is 6.10 Å². The maximum atomic E-state index is 10.3. The Labute approximate surface area is 157 Å². The van der Waals surface area contributed by atoms with Gasteiger partial charge in [0.1, 0.15) is 0 Å². The third-order valence-corrected chi connectivity index (χ3v) is 4.72. The van der Waals surface area contributed by atoms with Gasteiger partial charge in [0.2, 0.25) is 5.75 Å². The van der Waals surface area contributed by atoms with Gasteiger partial charge in [0.05, 0.1) is 40.6 Å². The maximum absolute atomic E-state index is 10.3. The molecule has 0 aliphatic carbocycles. The molecule has 1 fully saturated rings. The molecule has 0 amide bonds. The van der Waals surface area contributed by atoms with Gasteiger partial charge in [-0.15, -0.1) is 0 Å². The summed E-state index contributed by atoms with van der Waals surface area (Å²) in [6.07, 6.45) is 0.777. The molecule has 0 spiro atoms. The molecule has 1 saturated heterocycles. The fourth-order valence-electron chi connectivity index (χ4n) is 3.82. The van der Waals surface area contributed by atoms with Crippen molar-refractivity contribution in [2.75, 3.05) is 47.6 Å². The molecule has 0 radical (unpaired) electrons. The van der Waals surface area contributed by atoms with Crippen LogP contribution in [0, 0.1) is 11.8 Å². The van der Waals surface area contributed by atoms with Crippen molar-refractivity contribution < 1.29 is 24.1 Å². The Hall–Kier alpha value is -1.50. The van der Waals surface area contributed by atoms with Gasteiger partial charge in [-0.05, 0) is 36.0 Å². The Balaban J connectivity index is 1.85. The number of methoxy groups -OCH3 is 3. The molecule has 1 aliphatic rings. The van der Waals surface area contributed by atoms with E-state index in [1.807, 2.05) is 12.1 Å². The van der Waals surface area contributed by atoms with Crippen LogP contribution in [0.3, 0.4) is 0 Å². The molecule has 6 nitrogen and oxygen atoms in total. The molecule has 3 atom stereocenters. The normalized spacial score (nSPS) is 22.1. The molecule has 148 valence electrons. The fourth-order valence-corrected chi connectivity index (χ4v) is 3.82. The number of benzene rings is 1. The Morgan fingerprint density at radius 3 is 2.12 bits per heavy atom. The lowest BCUT2D eigenvalue weighted by Crippen LogP contribution is -2.43. The molecule has 0 saturated carbocycles. The van der Waals surface area contributed by atoms with Crippen LogP contribution in [0.25, 0.3) is 0 Å². The summed E-state index contributed by atoms with van der Waals surface area (Å²) in [5, 5.41) is 10.3. The van der Waals surface area contributed by atoms with Gasteiger partial charge < -0.3 is 29.0 Å². The smallest absolute Gasteiger partial charge is 0.203 e. The van der Waals surface area contributed by atoms with E-state index in [0.29, 0.717) is 48.8 Å². The SMILES string of the molecule is COc1cc(COC[C@@H](O)CN2C[C@H](C)C[C@H](C)C2)cc(OC)c1OC. The van der Waals surface area contributed by atoms with Crippen LogP contribution in [-0.4, -0.2) is 63.7 Å². The highest BCUT2D eigenvalue weighted by Gasteiger charge is 2.23. The van der Waals surface area contributed by atoms with Crippen LogP contribution in [0.15, 0.2) is 12.1 Å². The fraction of sp³-hybridized carbons (Fsp3) is 0.700. The van der Waals surface area contributed by atoms with Gasteiger partial charge in [-0.2, -0.15) is 0 Å². The molecule has 0 bridgehead atoms. The summed E-state index contributed by atoms with van der Waals surface area (Å²) in [5.74, 6) is 3.13. The molecule has 2 rings (SSSR count). The molecule has 0 aromatic heterocycles. The predicted molar refractivity (Wildman–Crippen MR) is 101 cm³/mol. The van der Waals surface area contributed by atoms with Crippen molar-refractivity contribution in [2.24, 2.45) is 11.8 Å². The molecule has 6 heteroatoms. The Kier molecular flexibility index (Phi) is 8.00. The van der Waals surface area contributed by atoms with Gasteiger partial charge in [-0.3, -0.25) is 0 Å². The van der Waals surface area contributed by atoms with Crippen molar-refractivity contribution in [3.05, 3.63) is 17.7 Å². The highest BCUT2D eigenvalue weighted by atomic mass is 16.5. The van der Waals surface area contributed by atoms with Crippen molar-refractivity contribution in [2.45, 2.75) is 33.0 Å². The van der Waals surface area contributed by atoms with E-state index in [1.165, 1.54) is 6.42 Å². The van der Waals surface area contributed by atoms with E-state index in [-0.39, 0.29) is 0 Å². The first-order chi connectivity index (χ1) is 12.5. The first kappa shape index (κ1) is 20.8. The van der Waals surface area contributed by atoms with E-state index in [1.54, 1.807) is 21.3 Å². The van der Waals surface area contributed by atoms with E-state index >= 15 is 0 Å². The van der Waals surface area contributed by atoms with Crippen LogP contribution >= 0.6 is 0 Å². The lowest BCUT2D eigenvalue weighted by molar-refractivity contribution is -0.000961. The van der Waals surface area contributed by atoms with Gasteiger partial charge in [-0.25, -0.2) is 0 Å². The zero-order chi connectivity index (χ0) is 19.1. The molecule has 1 heterocycles. The van der Waals surface area contributed by atoms with Crippen molar-refractivity contribution in [3.8, 4) is 17.2 Å². The number of aliphatic hydroxyl groups excluding tert-OH is 1. The van der Waals surface area contributed by atoms with E-state index in [9.17, 15) is 5.11 Å². The minimum atomic E-state index is -0.491. The highest BCUT2D eigenvalue weighted by Crippen LogP contribution is 2.38. The van der Waals surface area contributed by atoms with Gasteiger partial charge in [0, 0.05) is 19.6 Å². The number of hydrogen-bond acceptors (Lipinski definition) is 6. The third kappa shape index (κ3) is 5.76. The highest BCUT2D eigenvalue weighted by molar-refractivity contribution is 5.53. The third-order valence-electron chi connectivity index (χ3n) is 4.72. The monoisotopic (exact) mass is 367 g/mol. The molecular formula is C20H33NO5.